The summed E-state index contributed by atoms with van der Waals surface area (Å²) in [6.07, 6.45) is 9.76. The first-order valence-electron chi connectivity index (χ1n) is 10.8. The van der Waals surface area contributed by atoms with Crippen LogP contribution < -0.4 is 0 Å². The van der Waals surface area contributed by atoms with Crippen LogP contribution in [0.25, 0.3) is 0 Å². The lowest BCUT2D eigenvalue weighted by Gasteiger charge is -2.48. The smallest absolute Gasteiger partial charge is 0.238 e. The van der Waals surface area contributed by atoms with Crippen molar-refractivity contribution in [3.05, 3.63) is 17.0 Å². The maximum atomic E-state index is 11.0. The molecular formula is C23H44O2Si. The topological polar surface area (TPSA) is 29.5 Å². The number of rotatable bonds is 8. The van der Waals surface area contributed by atoms with Crippen LogP contribution in [0.2, 0.25) is 10.1 Å². The SMILES string of the molecule is CCCC=C=C1[C@H]([C@@H](O)CCCCCC)CO[Si]1(C(C)(C)C)C(C)(C)C. The quantitative estimate of drug-likeness (QED) is 0.281. The van der Waals surface area contributed by atoms with Crippen molar-refractivity contribution in [2.75, 3.05) is 6.61 Å². The van der Waals surface area contributed by atoms with Gasteiger partial charge in [0.05, 0.1) is 6.10 Å². The first-order valence-corrected chi connectivity index (χ1v) is 12.7. The molecule has 3 heteroatoms. The first kappa shape index (κ1) is 23.7. The minimum atomic E-state index is -2.28. The van der Waals surface area contributed by atoms with Crippen LogP contribution in [0.1, 0.15) is 100 Å². The average molecular weight is 381 g/mol. The Hall–Kier alpha value is -0.343. The van der Waals surface area contributed by atoms with Gasteiger partial charge in [0, 0.05) is 12.5 Å². The van der Waals surface area contributed by atoms with E-state index in [0.717, 1.165) is 25.7 Å². The molecule has 1 aliphatic rings. The maximum Gasteiger partial charge on any atom is 0.238 e. The summed E-state index contributed by atoms with van der Waals surface area (Å²) < 4.78 is 6.73. The molecule has 0 bridgehead atoms. The molecular weight excluding hydrogens is 336 g/mol. The molecule has 2 atom stereocenters. The Morgan fingerprint density at radius 3 is 2.19 bits per heavy atom. The highest BCUT2D eigenvalue weighted by molar-refractivity contribution is 6.86. The van der Waals surface area contributed by atoms with E-state index >= 15 is 0 Å². The summed E-state index contributed by atoms with van der Waals surface area (Å²) in [4.78, 5) is 0. The molecule has 1 fully saturated rings. The molecule has 1 saturated heterocycles. The lowest BCUT2D eigenvalue weighted by atomic mass is 9.97. The van der Waals surface area contributed by atoms with Crippen LogP contribution in [0.4, 0.5) is 0 Å². The molecule has 1 N–H and O–H groups in total. The number of hydrogen-bond acceptors (Lipinski definition) is 2. The fourth-order valence-electron chi connectivity index (χ4n) is 4.82. The van der Waals surface area contributed by atoms with Crippen LogP contribution in [0.5, 0.6) is 0 Å². The molecule has 152 valence electrons. The summed E-state index contributed by atoms with van der Waals surface area (Å²) in [6.45, 7) is 19.0. The van der Waals surface area contributed by atoms with Gasteiger partial charge in [-0.1, -0.05) is 87.5 Å². The Balaban J connectivity index is 3.24. The number of aliphatic hydroxyl groups excluding tert-OH is 1. The van der Waals surface area contributed by atoms with Gasteiger partial charge in [0.2, 0.25) is 8.32 Å². The third-order valence-corrected chi connectivity index (χ3v) is 11.9. The standard InChI is InChI=1S/C23H44O2Si/c1-9-11-13-15-16-20(24)19-18-25-26(22(3,4)5,23(6,7)8)21(19)17-14-12-10-2/h14,19-20,24H,9-13,15-16,18H2,1-8H3/t17?,19-,20-/m0/s1. The van der Waals surface area contributed by atoms with E-state index in [1.54, 1.807) is 0 Å². The van der Waals surface area contributed by atoms with Gasteiger partial charge in [-0.2, -0.15) is 0 Å². The van der Waals surface area contributed by atoms with E-state index in [-0.39, 0.29) is 22.1 Å². The monoisotopic (exact) mass is 380 g/mol. The van der Waals surface area contributed by atoms with E-state index in [9.17, 15) is 5.11 Å². The van der Waals surface area contributed by atoms with Gasteiger partial charge >= 0.3 is 0 Å². The van der Waals surface area contributed by atoms with E-state index < -0.39 is 8.32 Å². The molecule has 0 radical (unpaired) electrons. The van der Waals surface area contributed by atoms with Gasteiger partial charge in [0.15, 0.2) is 0 Å². The molecule has 1 aliphatic heterocycles. The van der Waals surface area contributed by atoms with Crippen LogP contribution in [0.3, 0.4) is 0 Å². The molecule has 1 heterocycles. The van der Waals surface area contributed by atoms with Gasteiger partial charge < -0.3 is 9.53 Å². The molecule has 1 rings (SSSR count). The van der Waals surface area contributed by atoms with Gasteiger partial charge in [-0.25, -0.2) is 0 Å². The van der Waals surface area contributed by atoms with Crippen LogP contribution in [-0.4, -0.2) is 26.1 Å². The zero-order valence-corrected chi connectivity index (χ0v) is 19.7. The predicted octanol–water partition coefficient (Wildman–Crippen LogP) is 6.93. The summed E-state index contributed by atoms with van der Waals surface area (Å²) in [7, 11) is -2.28. The fourth-order valence-corrected chi connectivity index (χ4v) is 11.2. The second-order valence-corrected chi connectivity index (χ2v) is 15.3. The fraction of sp³-hybridized carbons (Fsp3) is 0.870. The Morgan fingerprint density at radius 2 is 1.69 bits per heavy atom. The molecule has 0 aromatic carbocycles. The van der Waals surface area contributed by atoms with Gasteiger partial charge in [-0.3, -0.25) is 0 Å². The second kappa shape index (κ2) is 9.73. The van der Waals surface area contributed by atoms with Crippen molar-refractivity contribution in [2.45, 2.75) is 117 Å². The van der Waals surface area contributed by atoms with Gasteiger partial charge in [-0.15, -0.1) is 5.73 Å². The number of hydrogen-bond donors (Lipinski definition) is 1. The van der Waals surface area contributed by atoms with Crippen molar-refractivity contribution >= 4 is 8.32 Å². The zero-order valence-electron chi connectivity index (χ0n) is 18.7. The van der Waals surface area contributed by atoms with Crippen LogP contribution in [-0.2, 0) is 4.43 Å². The normalized spacial score (nSPS) is 21.6. The van der Waals surface area contributed by atoms with Crippen molar-refractivity contribution in [1.82, 2.24) is 0 Å². The summed E-state index contributed by atoms with van der Waals surface area (Å²) >= 11 is 0. The molecule has 0 aromatic rings. The van der Waals surface area contributed by atoms with Crippen molar-refractivity contribution in [3.63, 3.8) is 0 Å². The van der Waals surface area contributed by atoms with E-state index in [0.29, 0.717) is 6.61 Å². The number of unbranched alkanes of at least 4 members (excludes halogenated alkanes) is 4. The molecule has 2 nitrogen and oxygen atoms in total. The second-order valence-electron chi connectivity index (χ2n) is 10.1. The highest BCUT2D eigenvalue weighted by atomic mass is 28.4. The van der Waals surface area contributed by atoms with Crippen molar-refractivity contribution < 1.29 is 9.53 Å². The van der Waals surface area contributed by atoms with Gasteiger partial charge in [-0.05, 0) is 34.2 Å². The van der Waals surface area contributed by atoms with Crippen LogP contribution in [0, 0.1) is 5.92 Å². The van der Waals surface area contributed by atoms with Gasteiger partial charge in [0.1, 0.15) is 0 Å². The minimum Gasteiger partial charge on any atom is -0.410 e. The third kappa shape index (κ3) is 5.13. The average Bonchev–Trinajstić information content (AvgIpc) is 2.92. The Kier molecular flexibility index (Phi) is 8.87. The maximum absolute atomic E-state index is 11.0. The molecule has 26 heavy (non-hydrogen) atoms. The largest absolute Gasteiger partial charge is 0.410 e. The van der Waals surface area contributed by atoms with E-state index in [1.165, 1.54) is 24.5 Å². The lowest BCUT2D eigenvalue weighted by Crippen LogP contribution is -2.54. The summed E-state index contributed by atoms with van der Waals surface area (Å²) in [5.41, 5.74) is 3.69. The minimum absolute atomic E-state index is 0.0737. The molecule has 0 saturated carbocycles. The van der Waals surface area contributed by atoms with E-state index in [4.69, 9.17) is 4.43 Å². The molecule has 0 amide bonds. The first-order chi connectivity index (χ1) is 12.0. The summed E-state index contributed by atoms with van der Waals surface area (Å²) in [5.74, 6) is 0.120. The summed E-state index contributed by atoms with van der Waals surface area (Å²) in [5, 5.41) is 12.5. The Morgan fingerprint density at radius 1 is 1.08 bits per heavy atom. The predicted molar refractivity (Wildman–Crippen MR) is 116 cm³/mol. The summed E-state index contributed by atoms with van der Waals surface area (Å²) in [6, 6.07) is 0. The van der Waals surface area contributed by atoms with Crippen molar-refractivity contribution in [1.29, 1.82) is 0 Å². The highest BCUT2D eigenvalue weighted by Crippen LogP contribution is 2.59. The molecule has 0 aliphatic carbocycles. The Bertz CT molecular complexity index is 475. The Labute approximate surface area is 164 Å². The number of aliphatic hydroxyl groups is 1. The van der Waals surface area contributed by atoms with E-state index in [2.05, 4.69) is 67.2 Å². The molecule has 0 aromatic heterocycles. The highest BCUT2D eigenvalue weighted by Gasteiger charge is 2.63. The molecule has 0 spiro atoms. The van der Waals surface area contributed by atoms with Gasteiger partial charge in [0.25, 0.3) is 0 Å². The lowest BCUT2D eigenvalue weighted by molar-refractivity contribution is 0.0977. The van der Waals surface area contributed by atoms with Crippen LogP contribution >= 0.6 is 0 Å². The third-order valence-electron chi connectivity index (χ3n) is 5.85. The van der Waals surface area contributed by atoms with E-state index in [1.807, 2.05) is 0 Å². The zero-order chi connectivity index (χ0) is 20.0. The van der Waals surface area contributed by atoms with Crippen molar-refractivity contribution in [2.24, 2.45) is 5.92 Å². The molecule has 0 unspecified atom stereocenters. The van der Waals surface area contributed by atoms with Crippen molar-refractivity contribution in [3.8, 4) is 0 Å². The van der Waals surface area contributed by atoms with Crippen LogP contribution in [0.15, 0.2) is 17.0 Å².